The highest BCUT2D eigenvalue weighted by Gasteiger charge is 2.03. The second-order valence-corrected chi connectivity index (χ2v) is 5.93. The molecule has 0 bridgehead atoms. The van der Waals surface area contributed by atoms with Gasteiger partial charge in [-0.1, -0.05) is 32.3 Å². The lowest BCUT2D eigenvalue weighted by Crippen LogP contribution is -1.81. The van der Waals surface area contributed by atoms with Crippen molar-refractivity contribution in [2.24, 2.45) is 0 Å². The van der Waals surface area contributed by atoms with Crippen LogP contribution >= 0.6 is 11.3 Å². The molecular weight excluding hydrogens is 238 g/mol. The molecule has 0 unspecified atom stereocenters. The van der Waals surface area contributed by atoms with Gasteiger partial charge in [0.2, 0.25) is 0 Å². The summed E-state index contributed by atoms with van der Waals surface area (Å²) in [6, 6.07) is 8.74. The number of hydrogen-bond donors (Lipinski definition) is 0. The van der Waals surface area contributed by atoms with Crippen LogP contribution in [-0.2, 0) is 6.42 Å². The summed E-state index contributed by atoms with van der Waals surface area (Å²) in [4.78, 5) is 7.20. The molecule has 18 heavy (non-hydrogen) atoms. The van der Waals surface area contributed by atoms with E-state index in [0.29, 0.717) is 0 Å². The SMILES string of the molecule is CCCCCCc1ccc(-c2ccc(C)nc2)s1. The first-order valence-electron chi connectivity index (χ1n) is 6.81. The number of pyridine rings is 1. The molecule has 0 radical (unpaired) electrons. The fourth-order valence-electron chi connectivity index (χ4n) is 2.01. The molecule has 2 rings (SSSR count). The van der Waals surface area contributed by atoms with E-state index in [4.69, 9.17) is 0 Å². The highest BCUT2D eigenvalue weighted by atomic mass is 32.1. The van der Waals surface area contributed by atoms with E-state index in [9.17, 15) is 0 Å². The minimum absolute atomic E-state index is 1.08. The molecule has 0 aromatic carbocycles. The second-order valence-electron chi connectivity index (χ2n) is 4.76. The standard InChI is InChI=1S/C16H21NS/c1-3-4-5-6-7-15-10-11-16(18-15)14-9-8-13(2)17-12-14/h8-12H,3-7H2,1-2H3. The van der Waals surface area contributed by atoms with Gasteiger partial charge in [-0.25, -0.2) is 0 Å². The predicted molar refractivity (Wildman–Crippen MR) is 80.1 cm³/mol. The Labute approximate surface area is 114 Å². The molecule has 2 heteroatoms. The van der Waals surface area contributed by atoms with E-state index < -0.39 is 0 Å². The Balaban J connectivity index is 1.95. The normalized spacial score (nSPS) is 10.8. The number of thiophene rings is 1. The van der Waals surface area contributed by atoms with Crippen molar-refractivity contribution in [3.8, 4) is 10.4 Å². The number of unbranched alkanes of at least 4 members (excludes halogenated alkanes) is 3. The maximum absolute atomic E-state index is 4.36. The van der Waals surface area contributed by atoms with Gasteiger partial charge in [0.25, 0.3) is 0 Å². The maximum Gasteiger partial charge on any atom is 0.0373 e. The maximum atomic E-state index is 4.36. The largest absolute Gasteiger partial charge is 0.261 e. The Morgan fingerprint density at radius 3 is 2.67 bits per heavy atom. The van der Waals surface area contributed by atoms with E-state index in [1.807, 2.05) is 24.5 Å². The van der Waals surface area contributed by atoms with Crippen molar-refractivity contribution < 1.29 is 0 Å². The number of aromatic nitrogens is 1. The average molecular weight is 259 g/mol. The summed E-state index contributed by atoms with van der Waals surface area (Å²) >= 11 is 1.91. The van der Waals surface area contributed by atoms with E-state index in [-0.39, 0.29) is 0 Å². The predicted octanol–water partition coefficient (Wildman–Crippen LogP) is 5.24. The molecule has 1 nitrogen and oxygen atoms in total. The quantitative estimate of drug-likeness (QED) is 0.646. The van der Waals surface area contributed by atoms with Gasteiger partial charge < -0.3 is 0 Å². The summed E-state index contributed by atoms with van der Waals surface area (Å²) in [5.41, 5.74) is 2.32. The molecule has 0 fully saturated rings. The zero-order chi connectivity index (χ0) is 12.8. The molecule has 2 aromatic heterocycles. The lowest BCUT2D eigenvalue weighted by atomic mass is 10.1. The Hall–Kier alpha value is -1.15. The Kier molecular flexibility index (Phi) is 4.94. The molecule has 96 valence electrons. The summed E-state index contributed by atoms with van der Waals surface area (Å²) in [5.74, 6) is 0. The zero-order valence-corrected chi connectivity index (χ0v) is 12.1. The van der Waals surface area contributed by atoms with Gasteiger partial charge in [-0.15, -0.1) is 11.3 Å². The van der Waals surface area contributed by atoms with Gasteiger partial charge in [0, 0.05) is 27.2 Å². The monoisotopic (exact) mass is 259 g/mol. The fourth-order valence-corrected chi connectivity index (χ4v) is 3.05. The van der Waals surface area contributed by atoms with Crippen LogP contribution in [0.4, 0.5) is 0 Å². The van der Waals surface area contributed by atoms with E-state index >= 15 is 0 Å². The molecule has 0 saturated carbocycles. The minimum Gasteiger partial charge on any atom is -0.261 e. The fraction of sp³-hybridized carbons (Fsp3) is 0.438. The summed E-state index contributed by atoms with van der Waals surface area (Å²) in [6.07, 6.45) is 8.55. The van der Waals surface area contributed by atoms with Gasteiger partial charge in [0.1, 0.15) is 0 Å². The van der Waals surface area contributed by atoms with Crippen molar-refractivity contribution in [3.63, 3.8) is 0 Å². The van der Waals surface area contributed by atoms with Gasteiger partial charge in [0.15, 0.2) is 0 Å². The topological polar surface area (TPSA) is 12.9 Å². The van der Waals surface area contributed by atoms with Crippen LogP contribution < -0.4 is 0 Å². The third-order valence-corrected chi connectivity index (χ3v) is 4.33. The molecule has 0 spiro atoms. The third kappa shape index (κ3) is 3.67. The van der Waals surface area contributed by atoms with Crippen molar-refractivity contribution in [3.05, 3.63) is 41.0 Å². The second kappa shape index (κ2) is 6.69. The van der Waals surface area contributed by atoms with Crippen LogP contribution in [0.15, 0.2) is 30.5 Å². The summed E-state index contributed by atoms with van der Waals surface area (Å²) in [6.45, 7) is 4.28. The molecule has 0 aliphatic rings. The molecule has 0 saturated heterocycles. The van der Waals surface area contributed by atoms with Gasteiger partial charge in [0.05, 0.1) is 0 Å². The van der Waals surface area contributed by atoms with Gasteiger partial charge in [-0.05, 0) is 38.0 Å². The Morgan fingerprint density at radius 1 is 1.06 bits per heavy atom. The van der Waals surface area contributed by atoms with Crippen LogP contribution in [0.1, 0.15) is 43.2 Å². The van der Waals surface area contributed by atoms with Crippen molar-refractivity contribution in [2.45, 2.75) is 46.0 Å². The van der Waals surface area contributed by atoms with E-state index in [1.165, 1.54) is 47.4 Å². The summed E-state index contributed by atoms with van der Waals surface area (Å²) in [5, 5.41) is 0. The lowest BCUT2D eigenvalue weighted by molar-refractivity contribution is 0.670. The van der Waals surface area contributed by atoms with E-state index in [1.54, 1.807) is 0 Å². The van der Waals surface area contributed by atoms with Crippen molar-refractivity contribution in [1.29, 1.82) is 0 Å². The molecule has 0 aliphatic carbocycles. The smallest absolute Gasteiger partial charge is 0.0373 e. The van der Waals surface area contributed by atoms with Crippen LogP contribution in [0.25, 0.3) is 10.4 Å². The van der Waals surface area contributed by atoms with Crippen molar-refractivity contribution >= 4 is 11.3 Å². The zero-order valence-electron chi connectivity index (χ0n) is 11.3. The van der Waals surface area contributed by atoms with E-state index in [2.05, 4.69) is 36.2 Å². The first-order valence-corrected chi connectivity index (χ1v) is 7.63. The minimum atomic E-state index is 1.08. The first kappa shape index (κ1) is 13.3. The highest BCUT2D eigenvalue weighted by Crippen LogP contribution is 2.28. The average Bonchev–Trinajstić information content (AvgIpc) is 2.84. The highest BCUT2D eigenvalue weighted by molar-refractivity contribution is 7.15. The van der Waals surface area contributed by atoms with Gasteiger partial charge in [-0.3, -0.25) is 4.98 Å². The summed E-state index contributed by atoms with van der Waals surface area (Å²) < 4.78 is 0. The lowest BCUT2D eigenvalue weighted by Gasteiger charge is -1.98. The third-order valence-electron chi connectivity index (χ3n) is 3.13. The van der Waals surface area contributed by atoms with Crippen molar-refractivity contribution in [2.75, 3.05) is 0 Å². The van der Waals surface area contributed by atoms with Crippen molar-refractivity contribution in [1.82, 2.24) is 4.98 Å². The number of rotatable bonds is 6. The molecule has 2 heterocycles. The first-order chi connectivity index (χ1) is 8.79. The van der Waals surface area contributed by atoms with Crippen LogP contribution in [-0.4, -0.2) is 4.98 Å². The molecule has 0 atom stereocenters. The summed E-state index contributed by atoms with van der Waals surface area (Å²) in [7, 11) is 0. The number of aryl methyl sites for hydroxylation is 2. The molecular formula is C16H21NS. The number of hydrogen-bond acceptors (Lipinski definition) is 2. The Bertz CT molecular complexity index is 470. The van der Waals surface area contributed by atoms with Crippen LogP contribution in [0, 0.1) is 6.92 Å². The Morgan fingerprint density at radius 2 is 1.94 bits per heavy atom. The van der Waals surface area contributed by atoms with Gasteiger partial charge in [-0.2, -0.15) is 0 Å². The molecule has 0 amide bonds. The van der Waals surface area contributed by atoms with Crippen LogP contribution in [0.2, 0.25) is 0 Å². The van der Waals surface area contributed by atoms with Crippen LogP contribution in [0.3, 0.4) is 0 Å². The molecule has 2 aromatic rings. The van der Waals surface area contributed by atoms with E-state index in [0.717, 1.165) is 5.69 Å². The van der Waals surface area contributed by atoms with Gasteiger partial charge >= 0.3 is 0 Å². The molecule has 0 aliphatic heterocycles. The molecule has 0 N–H and O–H groups in total. The van der Waals surface area contributed by atoms with Crippen LogP contribution in [0.5, 0.6) is 0 Å². The number of nitrogens with zero attached hydrogens (tertiary/aromatic N) is 1.